The van der Waals surface area contributed by atoms with Crippen LogP contribution in [0, 0.1) is 5.41 Å². The van der Waals surface area contributed by atoms with Crippen molar-refractivity contribution in [3.05, 3.63) is 0 Å². The van der Waals surface area contributed by atoms with E-state index in [0.29, 0.717) is 39.3 Å². The number of rotatable bonds is 2. The first-order valence-electron chi connectivity index (χ1n) is 7.45. The first-order valence-corrected chi connectivity index (χ1v) is 7.45. The largest absolute Gasteiger partial charge is 0.444 e. The van der Waals surface area contributed by atoms with Crippen LogP contribution in [0.2, 0.25) is 0 Å². The van der Waals surface area contributed by atoms with Gasteiger partial charge in [-0.25, -0.2) is 9.59 Å². The van der Waals surface area contributed by atoms with Crippen molar-refractivity contribution < 1.29 is 14.3 Å². The van der Waals surface area contributed by atoms with Crippen LogP contribution in [0.3, 0.4) is 0 Å². The molecule has 7 nitrogen and oxygen atoms in total. The Morgan fingerprint density at radius 2 is 2.14 bits per heavy atom. The highest BCUT2D eigenvalue weighted by atomic mass is 16.6. The van der Waals surface area contributed by atoms with E-state index < -0.39 is 5.60 Å². The number of nitrogens with one attached hydrogen (secondary N) is 1. The van der Waals surface area contributed by atoms with Crippen molar-refractivity contribution in [2.24, 2.45) is 11.1 Å². The van der Waals surface area contributed by atoms with Crippen LogP contribution < -0.4 is 11.1 Å². The Balaban J connectivity index is 1.97. The molecule has 0 saturated carbocycles. The van der Waals surface area contributed by atoms with Gasteiger partial charge in [0.05, 0.1) is 0 Å². The highest BCUT2D eigenvalue weighted by Crippen LogP contribution is 2.33. The van der Waals surface area contributed by atoms with Crippen molar-refractivity contribution in [1.29, 1.82) is 0 Å². The quantitative estimate of drug-likeness (QED) is 0.781. The van der Waals surface area contributed by atoms with Crippen molar-refractivity contribution in [1.82, 2.24) is 15.1 Å². The van der Waals surface area contributed by atoms with E-state index in [0.717, 1.165) is 6.42 Å². The Kier molecular flexibility index (Phi) is 4.32. The second-order valence-corrected chi connectivity index (χ2v) is 7.02. The van der Waals surface area contributed by atoms with E-state index in [-0.39, 0.29) is 17.5 Å². The van der Waals surface area contributed by atoms with Gasteiger partial charge in [0.25, 0.3) is 0 Å². The predicted octanol–water partition coefficient (Wildman–Crippen LogP) is 0.598. The fourth-order valence-electron chi connectivity index (χ4n) is 2.93. The van der Waals surface area contributed by atoms with Crippen molar-refractivity contribution in [3.63, 3.8) is 0 Å². The fourth-order valence-corrected chi connectivity index (χ4v) is 2.93. The molecule has 2 aliphatic heterocycles. The maximum absolute atomic E-state index is 12.1. The lowest BCUT2D eigenvalue weighted by atomic mass is 9.85. The van der Waals surface area contributed by atoms with E-state index in [1.54, 1.807) is 9.80 Å². The van der Waals surface area contributed by atoms with Crippen molar-refractivity contribution >= 4 is 12.1 Å². The van der Waals surface area contributed by atoms with Gasteiger partial charge in [0.1, 0.15) is 5.60 Å². The highest BCUT2D eigenvalue weighted by molar-refractivity contribution is 5.75. The molecule has 7 heteroatoms. The summed E-state index contributed by atoms with van der Waals surface area (Å²) in [7, 11) is 0. The molecule has 2 rings (SSSR count). The van der Waals surface area contributed by atoms with E-state index in [1.807, 2.05) is 20.8 Å². The first-order chi connectivity index (χ1) is 9.75. The summed E-state index contributed by atoms with van der Waals surface area (Å²) in [6.07, 6.45) is 0.592. The molecular weight excluding hydrogens is 272 g/mol. The van der Waals surface area contributed by atoms with E-state index in [2.05, 4.69) is 5.32 Å². The molecule has 0 bridgehead atoms. The van der Waals surface area contributed by atoms with E-state index >= 15 is 0 Å². The molecule has 120 valence electrons. The average molecular weight is 298 g/mol. The van der Waals surface area contributed by atoms with E-state index in [1.165, 1.54) is 0 Å². The molecule has 0 aromatic carbocycles. The molecule has 3 N–H and O–H groups in total. The van der Waals surface area contributed by atoms with Gasteiger partial charge >= 0.3 is 12.1 Å². The number of nitrogens with zero attached hydrogens (tertiary/aromatic N) is 2. The third-order valence-electron chi connectivity index (χ3n) is 3.92. The summed E-state index contributed by atoms with van der Waals surface area (Å²) in [4.78, 5) is 27.4. The number of ether oxygens (including phenoxy) is 1. The van der Waals surface area contributed by atoms with Gasteiger partial charge in [-0.2, -0.15) is 0 Å². The van der Waals surface area contributed by atoms with Crippen LogP contribution in [-0.4, -0.2) is 66.8 Å². The molecule has 2 saturated heterocycles. The summed E-state index contributed by atoms with van der Waals surface area (Å²) >= 11 is 0. The summed E-state index contributed by atoms with van der Waals surface area (Å²) in [5, 5.41) is 2.91. The number of urea groups is 1. The molecule has 0 aromatic heterocycles. The Morgan fingerprint density at radius 3 is 2.76 bits per heavy atom. The third kappa shape index (κ3) is 3.78. The number of hydrogen-bond acceptors (Lipinski definition) is 4. The molecule has 0 radical (unpaired) electrons. The molecule has 1 atom stereocenters. The average Bonchev–Trinajstić information content (AvgIpc) is 2.77. The van der Waals surface area contributed by atoms with E-state index in [9.17, 15) is 9.59 Å². The molecule has 21 heavy (non-hydrogen) atoms. The van der Waals surface area contributed by atoms with Crippen molar-refractivity contribution in [2.45, 2.75) is 32.8 Å². The molecule has 0 aliphatic carbocycles. The van der Waals surface area contributed by atoms with Crippen LogP contribution in [0.15, 0.2) is 0 Å². The minimum absolute atomic E-state index is 0.0678. The SMILES string of the molecule is CC(C)(C)OC(=O)N1CCC2(CNC(=O)N(CCN)C2)C1. The van der Waals surface area contributed by atoms with Gasteiger partial charge in [0.15, 0.2) is 0 Å². The lowest BCUT2D eigenvalue weighted by Crippen LogP contribution is -2.58. The number of carbonyl (C=O) groups is 2. The maximum atomic E-state index is 12.1. The van der Waals surface area contributed by atoms with Gasteiger partial charge in [-0.05, 0) is 27.2 Å². The van der Waals surface area contributed by atoms with Gasteiger partial charge in [-0.3, -0.25) is 0 Å². The molecule has 2 aliphatic rings. The Hall–Kier alpha value is -1.50. The molecule has 2 heterocycles. The summed E-state index contributed by atoms with van der Waals surface area (Å²) in [5.74, 6) is 0. The molecule has 3 amide bonds. The fraction of sp³-hybridized carbons (Fsp3) is 0.857. The number of nitrogens with two attached hydrogens (primary N) is 1. The van der Waals surface area contributed by atoms with Crippen LogP contribution in [0.25, 0.3) is 0 Å². The minimum atomic E-state index is -0.487. The lowest BCUT2D eigenvalue weighted by Gasteiger charge is -2.40. The monoisotopic (exact) mass is 298 g/mol. The Labute approximate surface area is 125 Å². The van der Waals surface area contributed by atoms with Crippen LogP contribution in [0.5, 0.6) is 0 Å². The van der Waals surface area contributed by atoms with Crippen LogP contribution in [0.4, 0.5) is 9.59 Å². The standard InChI is InChI=1S/C14H26N4O3/c1-13(2,3)21-12(20)18-6-4-14(10-18)8-16-11(19)17(9-14)7-5-15/h4-10,15H2,1-3H3,(H,16,19). The second kappa shape index (κ2) is 5.71. The third-order valence-corrected chi connectivity index (χ3v) is 3.92. The summed E-state index contributed by atoms with van der Waals surface area (Å²) in [5.41, 5.74) is 4.98. The number of hydrogen-bond donors (Lipinski definition) is 2. The molecule has 1 spiro atoms. The zero-order valence-corrected chi connectivity index (χ0v) is 13.1. The Morgan fingerprint density at radius 1 is 1.43 bits per heavy atom. The van der Waals surface area contributed by atoms with Gasteiger partial charge in [-0.15, -0.1) is 0 Å². The maximum Gasteiger partial charge on any atom is 0.410 e. The second-order valence-electron chi connectivity index (χ2n) is 7.02. The topological polar surface area (TPSA) is 87.9 Å². The number of amides is 3. The number of carbonyl (C=O) groups excluding carboxylic acids is 2. The number of likely N-dealkylation sites (tertiary alicyclic amines) is 1. The predicted molar refractivity (Wildman–Crippen MR) is 78.9 cm³/mol. The molecule has 2 fully saturated rings. The van der Waals surface area contributed by atoms with Gasteiger partial charge in [0.2, 0.25) is 0 Å². The zero-order valence-electron chi connectivity index (χ0n) is 13.1. The summed E-state index contributed by atoms with van der Waals surface area (Å²) in [6, 6.07) is -0.0678. The molecular formula is C14H26N4O3. The minimum Gasteiger partial charge on any atom is -0.444 e. The zero-order chi connectivity index (χ0) is 15.7. The normalized spacial score (nSPS) is 26.2. The van der Waals surface area contributed by atoms with Crippen molar-refractivity contribution in [2.75, 3.05) is 39.3 Å². The molecule has 0 aromatic rings. The van der Waals surface area contributed by atoms with Gasteiger partial charge < -0.3 is 25.6 Å². The highest BCUT2D eigenvalue weighted by Gasteiger charge is 2.45. The van der Waals surface area contributed by atoms with E-state index in [4.69, 9.17) is 10.5 Å². The van der Waals surface area contributed by atoms with Crippen molar-refractivity contribution in [3.8, 4) is 0 Å². The van der Waals surface area contributed by atoms with Gasteiger partial charge in [0, 0.05) is 44.7 Å². The smallest absolute Gasteiger partial charge is 0.410 e. The summed E-state index contributed by atoms with van der Waals surface area (Å²) < 4.78 is 5.42. The Bertz CT molecular complexity index is 421. The first kappa shape index (κ1) is 15.9. The van der Waals surface area contributed by atoms with Gasteiger partial charge in [-0.1, -0.05) is 0 Å². The lowest BCUT2D eigenvalue weighted by molar-refractivity contribution is 0.0260. The van der Waals surface area contributed by atoms with Crippen LogP contribution in [0.1, 0.15) is 27.2 Å². The van der Waals surface area contributed by atoms with Crippen LogP contribution >= 0.6 is 0 Å². The molecule has 1 unspecified atom stereocenters. The van der Waals surface area contributed by atoms with Crippen LogP contribution in [-0.2, 0) is 4.74 Å². The summed E-state index contributed by atoms with van der Waals surface area (Å²) in [6.45, 7) is 9.10.